The van der Waals surface area contributed by atoms with Crippen LogP contribution in [-0.2, 0) is 17.6 Å². The second-order valence-corrected chi connectivity index (χ2v) is 6.03. The van der Waals surface area contributed by atoms with Crippen LogP contribution >= 0.6 is 0 Å². The second-order valence-electron chi connectivity index (χ2n) is 6.03. The standard InChI is InChI=1S/C16H19N3O2/c17-10-12-9-11-5-1-2-6-13(11)18-14(12)19-16(15(20)21)7-3-4-8-16/h9H,1-8H2,(H,18,19)(H,20,21). The fraction of sp³-hybridized carbons (Fsp3) is 0.562. The Balaban J connectivity index is 1.98. The van der Waals surface area contributed by atoms with Crippen LogP contribution in [0.2, 0.25) is 0 Å². The van der Waals surface area contributed by atoms with E-state index in [0.29, 0.717) is 24.2 Å². The lowest BCUT2D eigenvalue weighted by atomic mass is 9.94. The predicted octanol–water partition coefficient (Wildman–Crippen LogP) is 2.64. The van der Waals surface area contributed by atoms with E-state index in [4.69, 9.17) is 0 Å². The smallest absolute Gasteiger partial charge is 0.329 e. The Morgan fingerprint density at radius 2 is 2.00 bits per heavy atom. The number of nitriles is 1. The van der Waals surface area contributed by atoms with Gasteiger partial charge in [0.25, 0.3) is 0 Å². The lowest BCUT2D eigenvalue weighted by Gasteiger charge is -2.27. The Bertz CT molecular complexity index is 613. The monoisotopic (exact) mass is 285 g/mol. The molecule has 0 saturated heterocycles. The van der Waals surface area contributed by atoms with Gasteiger partial charge in [-0.15, -0.1) is 0 Å². The van der Waals surface area contributed by atoms with Crippen molar-refractivity contribution in [1.82, 2.24) is 4.98 Å². The Morgan fingerprint density at radius 3 is 2.67 bits per heavy atom. The summed E-state index contributed by atoms with van der Waals surface area (Å²) in [5.41, 5.74) is 1.66. The van der Waals surface area contributed by atoms with Crippen molar-refractivity contribution in [2.24, 2.45) is 0 Å². The number of carboxylic acid groups (broad SMARTS) is 1. The van der Waals surface area contributed by atoms with E-state index >= 15 is 0 Å². The second kappa shape index (κ2) is 5.36. The van der Waals surface area contributed by atoms with E-state index in [0.717, 1.165) is 49.8 Å². The van der Waals surface area contributed by atoms with Gasteiger partial charge in [-0.1, -0.05) is 12.8 Å². The summed E-state index contributed by atoms with van der Waals surface area (Å²) in [4.78, 5) is 16.2. The molecule has 0 unspecified atom stereocenters. The number of aryl methyl sites for hydroxylation is 2. The number of hydrogen-bond donors (Lipinski definition) is 2. The number of anilines is 1. The van der Waals surface area contributed by atoms with Gasteiger partial charge in [0, 0.05) is 5.69 Å². The molecule has 0 spiro atoms. The van der Waals surface area contributed by atoms with Crippen LogP contribution in [0.3, 0.4) is 0 Å². The molecule has 0 aliphatic heterocycles. The van der Waals surface area contributed by atoms with Gasteiger partial charge in [0.05, 0.1) is 5.56 Å². The van der Waals surface area contributed by atoms with Crippen molar-refractivity contribution in [3.05, 3.63) is 22.9 Å². The largest absolute Gasteiger partial charge is 0.480 e. The number of nitrogens with one attached hydrogen (secondary N) is 1. The van der Waals surface area contributed by atoms with Crippen LogP contribution in [0.5, 0.6) is 0 Å². The van der Waals surface area contributed by atoms with Crippen molar-refractivity contribution in [2.75, 3.05) is 5.32 Å². The number of rotatable bonds is 3. The van der Waals surface area contributed by atoms with Crippen molar-refractivity contribution in [3.8, 4) is 6.07 Å². The van der Waals surface area contributed by atoms with Crippen molar-refractivity contribution >= 4 is 11.8 Å². The highest BCUT2D eigenvalue weighted by Crippen LogP contribution is 2.34. The molecule has 0 aromatic carbocycles. The molecule has 1 aromatic heterocycles. The number of aliphatic carboxylic acids is 1. The maximum Gasteiger partial charge on any atom is 0.329 e. The molecule has 110 valence electrons. The van der Waals surface area contributed by atoms with E-state index in [-0.39, 0.29) is 0 Å². The summed E-state index contributed by atoms with van der Waals surface area (Å²) in [6, 6.07) is 4.04. The van der Waals surface area contributed by atoms with E-state index < -0.39 is 11.5 Å². The number of nitrogens with zero attached hydrogens (tertiary/aromatic N) is 2. The fourth-order valence-corrected chi connectivity index (χ4v) is 3.41. The summed E-state index contributed by atoms with van der Waals surface area (Å²) >= 11 is 0. The van der Waals surface area contributed by atoms with Gasteiger partial charge in [0.15, 0.2) is 0 Å². The molecule has 1 fully saturated rings. The van der Waals surface area contributed by atoms with Crippen LogP contribution in [0.25, 0.3) is 0 Å². The first-order chi connectivity index (χ1) is 10.1. The minimum absolute atomic E-state index is 0.447. The lowest BCUT2D eigenvalue weighted by Crippen LogP contribution is -2.44. The summed E-state index contributed by atoms with van der Waals surface area (Å²) in [6.07, 6.45) is 7.08. The average molecular weight is 285 g/mol. The molecule has 1 saturated carbocycles. The zero-order valence-electron chi connectivity index (χ0n) is 12.0. The summed E-state index contributed by atoms with van der Waals surface area (Å²) in [6.45, 7) is 0. The molecule has 21 heavy (non-hydrogen) atoms. The number of carbonyl (C=O) groups is 1. The van der Waals surface area contributed by atoms with Crippen LogP contribution in [0.1, 0.15) is 55.3 Å². The SMILES string of the molecule is N#Cc1cc2c(nc1NC1(C(=O)O)CCCC1)CCCC2. The molecule has 0 bridgehead atoms. The quantitative estimate of drug-likeness (QED) is 0.891. The molecule has 0 radical (unpaired) electrons. The van der Waals surface area contributed by atoms with Crippen LogP contribution in [0.4, 0.5) is 5.82 Å². The Morgan fingerprint density at radius 1 is 1.29 bits per heavy atom. The third kappa shape index (κ3) is 2.46. The first-order valence-electron chi connectivity index (χ1n) is 7.59. The van der Waals surface area contributed by atoms with Gasteiger partial charge in [-0.3, -0.25) is 0 Å². The minimum Gasteiger partial charge on any atom is -0.480 e. The molecule has 3 rings (SSSR count). The topological polar surface area (TPSA) is 86.0 Å². The zero-order chi connectivity index (χ0) is 14.9. The van der Waals surface area contributed by atoms with Crippen molar-refractivity contribution in [3.63, 3.8) is 0 Å². The van der Waals surface area contributed by atoms with Gasteiger partial charge < -0.3 is 10.4 Å². The number of hydrogen-bond acceptors (Lipinski definition) is 4. The first-order valence-corrected chi connectivity index (χ1v) is 7.59. The predicted molar refractivity (Wildman–Crippen MR) is 78.1 cm³/mol. The molecule has 0 amide bonds. The third-order valence-electron chi connectivity index (χ3n) is 4.65. The van der Waals surface area contributed by atoms with Crippen LogP contribution in [0, 0.1) is 11.3 Å². The van der Waals surface area contributed by atoms with Crippen molar-refractivity contribution in [2.45, 2.75) is 56.9 Å². The Kier molecular flexibility index (Phi) is 3.54. The fourth-order valence-electron chi connectivity index (χ4n) is 3.41. The van der Waals surface area contributed by atoms with Gasteiger partial charge in [-0.2, -0.15) is 5.26 Å². The van der Waals surface area contributed by atoms with Gasteiger partial charge in [0.1, 0.15) is 17.4 Å². The summed E-state index contributed by atoms with van der Waals surface area (Å²) in [5, 5.41) is 22.0. The Labute approximate surface area is 124 Å². The van der Waals surface area contributed by atoms with Gasteiger partial charge >= 0.3 is 5.97 Å². The number of carboxylic acids is 1. The van der Waals surface area contributed by atoms with E-state index in [9.17, 15) is 15.2 Å². The highest BCUT2D eigenvalue weighted by Gasteiger charge is 2.42. The molecule has 5 heteroatoms. The molecule has 2 N–H and O–H groups in total. The maximum atomic E-state index is 11.6. The van der Waals surface area contributed by atoms with E-state index in [1.165, 1.54) is 0 Å². The van der Waals surface area contributed by atoms with E-state index in [2.05, 4.69) is 16.4 Å². The van der Waals surface area contributed by atoms with Crippen LogP contribution in [0.15, 0.2) is 6.07 Å². The highest BCUT2D eigenvalue weighted by molar-refractivity contribution is 5.83. The van der Waals surface area contributed by atoms with Gasteiger partial charge in [0.2, 0.25) is 0 Å². The molecule has 1 aromatic rings. The van der Waals surface area contributed by atoms with Crippen molar-refractivity contribution < 1.29 is 9.90 Å². The molecule has 2 aliphatic carbocycles. The number of pyridine rings is 1. The van der Waals surface area contributed by atoms with Gasteiger partial charge in [-0.25, -0.2) is 9.78 Å². The molecule has 5 nitrogen and oxygen atoms in total. The molecule has 1 heterocycles. The number of fused-ring (bicyclic) bond motifs is 1. The van der Waals surface area contributed by atoms with Crippen molar-refractivity contribution in [1.29, 1.82) is 5.26 Å². The zero-order valence-corrected chi connectivity index (χ0v) is 12.0. The minimum atomic E-state index is -0.957. The normalized spacial score (nSPS) is 19.6. The van der Waals surface area contributed by atoms with Crippen LogP contribution in [-0.4, -0.2) is 21.6 Å². The number of aromatic nitrogens is 1. The summed E-state index contributed by atoms with van der Waals surface area (Å²) < 4.78 is 0. The van der Waals surface area contributed by atoms with E-state index in [1.54, 1.807) is 0 Å². The average Bonchev–Trinajstić information content (AvgIpc) is 2.96. The maximum absolute atomic E-state index is 11.6. The lowest BCUT2D eigenvalue weighted by molar-refractivity contribution is -0.142. The highest BCUT2D eigenvalue weighted by atomic mass is 16.4. The van der Waals surface area contributed by atoms with E-state index in [1.807, 2.05) is 6.07 Å². The van der Waals surface area contributed by atoms with Gasteiger partial charge in [-0.05, 0) is 50.2 Å². The first kappa shape index (κ1) is 13.9. The van der Waals surface area contributed by atoms with Crippen LogP contribution < -0.4 is 5.32 Å². The summed E-state index contributed by atoms with van der Waals surface area (Å²) in [5.74, 6) is -0.397. The Hall–Kier alpha value is -2.09. The molecule has 0 atom stereocenters. The molecular formula is C16H19N3O2. The summed E-state index contributed by atoms with van der Waals surface area (Å²) in [7, 11) is 0. The molecule has 2 aliphatic rings. The molecular weight excluding hydrogens is 266 g/mol. The third-order valence-corrected chi connectivity index (χ3v) is 4.65.